The Hall–Kier alpha value is -0.870. The van der Waals surface area contributed by atoms with Gasteiger partial charge in [0.05, 0.1) is 6.54 Å². The molecular formula is C16H25NO2S. The van der Waals surface area contributed by atoms with Gasteiger partial charge in [0.15, 0.2) is 0 Å². The standard InChI is InChI=1S/C16H25NO2S/c1-16(2,3)14-9-8-13(20-14)10-17(11-15(18)19)12-6-4-5-7-12/h8-9,12H,4-7,10-11H2,1-3H3,(H,18,19). The highest BCUT2D eigenvalue weighted by Crippen LogP contribution is 2.31. The van der Waals surface area contributed by atoms with Crippen molar-refractivity contribution in [3.05, 3.63) is 21.9 Å². The summed E-state index contributed by atoms with van der Waals surface area (Å²) in [5.41, 5.74) is 0.175. The predicted molar refractivity (Wildman–Crippen MR) is 83.3 cm³/mol. The fraction of sp³-hybridized carbons (Fsp3) is 0.688. The summed E-state index contributed by atoms with van der Waals surface area (Å²) in [5, 5.41) is 9.12. The van der Waals surface area contributed by atoms with Gasteiger partial charge in [0, 0.05) is 22.3 Å². The van der Waals surface area contributed by atoms with Crippen molar-refractivity contribution in [1.82, 2.24) is 4.90 Å². The molecule has 0 aromatic carbocycles. The van der Waals surface area contributed by atoms with Gasteiger partial charge in [-0.15, -0.1) is 11.3 Å². The van der Waals surface area contributed by atoms with Gasteiger partial charge >= 0.3 is 5.97 Å². The predicted octanol–water partition coefficient (Wildman–Crippen LogP) is 3.87. The molecule has 3 nitrogen and oxygen atoms in total. The lowest BCUT2D eigenvalue weighted by Crippen LogP contribution is -2.36. The van der Waals surface area contributed by atoms with Crippen LogP contribution in [0.4, 0.5) is 0 Å². The van der Waals surface area contributed by atoms with Crippen molar-refractivity contribution in [3.8, 4) is 0 Å². The SMILES string of the molecule is CC(C)(C)c1ccc(CN(CC(=O)O)C2CCCC2)s1. The molecule has 1 saturated carbocycles. The fourth-order valence-corrected chi connectivity index (χ4v) is 3.91. The minimum atomic E-state index is -0.718. The highest BCUT2D eigenvalue weighted by Gasteiger charge is 2.25. The molecule has 112 valence electrons. The third-order valence-corrected chi connectivity index (χ3v) is 5.43. The van der Waals surface area contributed by atoms with Gasteiger partial charge in [-0.1, -0.05) is 33.6 Å². The molecule has 1 fully saturated rings. The van der Waals surface area contributed by atoms with Gasteiger partial charge in [-0.2, -0.15) is 0 Å². The molecule has 0 unspecified atom stereocenters. The molecular weight excluding hydrogens is 270 g/mol. The Kier molecular flexibility index (Phi) is 4.86. The third kappa shape index (κ3) is 4.06. The van der Waals surface area contributed by atoms with Crippen molar-refractivity contribution in [2.75, 3.05) is 6.54 Å². The average Bonchev–Trinajstić information content (AvgIpc) is 2.97. The number of carboxylic acids is 1. The number of rotatable bonds is 5. The lowest BCUT2D eigenvalue weighted by atomic mass is 9.95. The van der Waals surface area contributed by atoms with Crippen LogP contribution in [0.3, 0.4) is 0 Å². The molecule has 0 atom stereocenters. The summed E-state index contributed by atoms with van der Waals surface area (Å²) in [7, 11) is 0. The van der Waals surface area contributed by atoms with Gasteiger partial charge in [-0.25, -0.2) is 0 Å². The van der Waals surface area contributed by atoms with E-state index in [1.54, 1.807) is 0 Å². The van der Waals surface area contributed by atoms with Crippen molar-refractivity contribution in [2.24, 2.45) is 0 Å². The van der Waals surface area contributed by atoms with Crippen LogP contribution in [0.2, 0.25) is 0 Å². The maximum atomic E-state index is 11.1. The van der Waals surface area contributed by atoms with E-state index in [9.17, 15) is 4.79 Å². The number of carbonyl (C=O) groups is 1. The third-order valence-electron chi connectivity index (χ3n) is 3.94. The van der Waals surface area contributed by atoms with E-state index in [0.717, 1.165) is 19.4 Å². The normalized spacial score (nSPS) is 17.0. The number of hydrogen-bond donors (Lipinski definition) is 1. The largest absolute Gasteiger partial charge is 0.480 e. The summed E-state index contributed by atoms with van der Waals surface area (Å²) in [6, 6.07) is 4.80. The average molecular weight is 295 g/mol. The van der Waals surface area contributed by atoms with Crippen molar-refractivity contribution in [3.63, 3.8) is 0 Å². The number of thiophene rings is 1. The van der Waals surface area contributed by atoms with Crippen LogP contribution in [0.15, 0.2) is 12.1 Å². The Morgan fingerprint density at radius 1 is 1.35 bits per heavy atom. The molecule has 1 aliphatic rings. The summed E-state index contributed by atoms with van der Waals surface area (Å²) < 4.78 is 0. The Labute approximate surface area is 125 Å². The molecule has 4 heteroatoms. The first-order valence-electron chi connectivity index (χ1n) is 7.41. The van der Waals surface area contributed by atoms with Crippen molar-refractivity contribution in [1.29, 1.82) is 0 Å². The number of aliphatic carboxylic acids is 1. The zero-order valence-electron chi connectivity index (χ0n) is 12.7. The molecule has 1 heterocycles. The van der Waals surface area contributed by atoms with Crippen molar-refractivity contribution < 1.29 is 9.90 Å². The second-order valence-corrected chi connectivity index (χ2v) is 7.92. The first kappa shape index (κ1) is 15.5. The van der Waals surface area contributed by atoms with Crippen molar-refractivity contribution in [2.45, 2.75) is 64.5 Å². The highest BCUT2D eigenvalue weighted by molar-refractivity contribution is 7.12. The molecule has 1 N–H and O–H groups in total. The van der Waals surface area contributed by atoms with Crippen LogP contribution in [-0.2, 0) is 16.8 Å². The van der Waals surface area contributed by atoms with Gasteiger partial charge in [0.1, 0.15) is 0 Å². The second kappa shape index (κ2) is 6.27. The summed E-state index contributed by atoms with van der Waals surface area (Å²) in [6.07, 6.45) is 4.76. The topological polar surface area (TPSA) is 40.5 Å². The summed E-state index contributed by atoms with van der Waals surface area (Å²) in [4.78, 5) is 15.9. The minimum Gasteiger partial charge on any atom is -0.480 e. The number of carboxylic acid groups (broad SMARTS) is 1. The molecule has 1 aliphatic carbocycles. The van der Waals surface area contributed by atoms with Gasteiger partial charge in [-0.05, 0) is 30.4 Å². The van der Waals surface area contributed by atoms with E-state index in [4.69, 9.17) is 5.11 Å². The van der Waals surface area contributed by atoms with Crippen LogP contribution >= 0.6 is 11.3 Å². The first-order valence-corrected chi connectivity index (χ1v) is 8.23. The molecule has 0 radical (unpaired) electrons. The van der Waals surface area contributed by atoms with Crippen LogP contribution in [0.25, 0.3) is 0 Å². The number of nitrogens with zero attached hydrogens (tertiary/aromatic N) is 1. The van der Waals surface area contributed by atoms with Gasteiger partial charge in [-0.3, -0.25) is 9.69 Å². The molecule has 0 amide bonds. The fourth-order valence-electron chi connectivity index (χ4n) is 2.82. The maximum Gasteiger partial charge on any atom is 0.317 e. The number of hydrogen-bond acceptors (Lipinski definition) is 3. The molecule has 1 aromatic heterocycles. The van der Waals surface area contributed by atoms with Crippen LogP contribution in [0.1, 0.15) is 56.2 Å². The van der Waals surface area contributed by atoms with E-state index in [1.807, 2.05) is 11.3 Å². The van der Waals surface area contributed by atoms with Gasteiger partial charge in [0.2, 0.25) is 0 Å². The van der Waals surface area contributed by atoms with E-state index in [-0.39, 0.29) is 12.0 Å². The van der Waals surface area contributed by atoms with E-state index < -0.39 is 5.97 Å². The summed E-state index contributed by atoms with van der Waals surface area (Å²) in [5.74, 6) is -0.718. The van der Waals surface area contributed by atoms with Crippen molar-refractivity contribution >= 4 is 17.3 Å². The second-order valence-electron chi connectivity index (χ2n) is 6.75. The monoisotopic (exact) mass is 295 g/mol. The molecule has 0 bridgehead atoms. The lowest BCUT2D eigenvalue weighted by molar-refractivity contribution is -0.139. The summed E-state index contributed by atoms with van der Waals surface area (Å²) >= 11 is 1.82. The van der Waals surface area contributed by atoms with Gasteiger partial charge in [0.25, 0.3) is 0 Å². The zero-order valence-corrected chi connectivity index (χ0v) is 13.5. The van der Waals surface area contributed by atoms with E-state index in [0.29, 0.717) is 6.04 Å². The summed E-state index contributed by atoms with van der Waals surface area (Å²) in [6.45, 7) is 7.59. The first-order chi connectivity index (χ1) is 9.36. The van der Waals surface area contributed by atoms with Crippen LogP contribution in [0.5, 0.6) is 0 Å². The van der Waals surface area contributed by atoms with E-state index in [2.05, 4.69) is 37.8 Å². The Bertz CT molecular complexity index is 455. The van der Waals surface area contributed by atoms with Gasteiger partial charge < -0.3 is 5.11 Å². The molecule has 2 rings (SSSR count). The van der Waals surface area contributed by atoms with E-state index >= 15 is 0 Å². The Balaban J connectivity index is 2.06. The molecule has 0 saturated heterocycles. The zero-order chi connectivity index (χ0) is 14.8. The maximum absolute atomic E-state index is 11.1. The molecule has 1 aromatic rings. The van der Waals surface area contributed by atoms with Crippen LogP contribution < -0.4 is 0 Å². The molecule has 0 aliphatic heterocycles. The minimum absolute atomic E-state index is 0.160. The Morgan fingerprint density at radius 3 is 2.50 bits per heavy atom. The smallest absolute Gasteiger partial charge is 0.317 e. The highest BCUT2D eigenvalue weighted by atomic mass is 32.1. The molecule has 20 heavy (non-hydrogen) atoms. The molecule has 0 spiro atoms. The van der Waals surface area contributed by atoms with Crippen LogP contribution in [0, 0.1) is 0 Å². The van der Waals surface area contributed by atoms with Crippen LogP contribution in [-0.4, -0.2) is 28.6 Å². The quantitative estimate of drug-likeness (QED) is 0.896. The van der Waals surface area contributed by atoms with E-state index in [1.165, 1.54) is 22.6 Å². The lowest BCUT2D eigenvalue weighted by Gasteiger charge is -2.26. The Morgan fingerprint density at radius 2 is 2.00 bits per heavy atom.